The standard InChI is InChI=1S/C12H19NO5/c1-12(2,3)18-11(17)13-9-5-4-7(14)6-8(9)10(15)16/h8-9H,4-6H2,1-3H3,(H,13,17)(H,15,16). The molecular formula is C12H19NO5. The smallest absolute Gasteiger partial charge is 0.407 e. The van der Waals surface area contributed by atoms with E-state index < -0.39 is 29.6 Å². The van der Waals surface area contributed by atoms with Crippen LogP contribution in [-0.4, -0.2) is 34.6 Å². The van der Waals surface area contributed by atoms with Gasteiger partial charge in [-0.25, -0.2) is 4.79 Å². The van der Waals surface area contributed by atoms with Crippen molar-refractivity contribution in [3.8, 4) is 0 Å². The molecule has 2 N–H and O–H groups in total. The van der Waals surface area contributed by atoms with E-state index in [2.05, 4.69) is 5.32 Å². The van der Waals surface area contributed by atoms with Crippen molar-refractivity contribution in [2.24, 2.45) is 5.92 Å². The van der Waals surface area contributed by atoms with Gasteiger partial charge in [-0.15, -0.1) is 0 Å². The molecule has 18 heavy (non-hydrogen) atoms. The van der Waals surface area contributed by atoms with Crippen LogP contribution >= 0.6 is 0 Å². The lowest BCUT2D eigenvalue weighted by Crippen LogP contribution is -2.48. The van der Waals surface area contributed by atoms with Crippen LogP contribution in [-0.2, 0) is 14.3 Å². The van der Waals surface area contributed by atoms with Gasteiger partial charge < -0.3 is 15.2 Å². The van der Waals surface area contributed by atoms with Crippen molar-refractivity contribution in [1.29, 1.82) is 0 Å². The number of hydrogen-bond donors (Lipinski definition) is 2. The van der Waals surface area contributed by atoms with Crippen LogP contribution in [0.4, 0.5) is 4.79 Å². The second-order valence-corrected chi connectivity index (χ2v) is 5.48. The number of alkyl carbamates (subject to hydrolysis) is 1. The summed E-state index contributed by atoms with van der Waals surface area (Å²) in [6, 6.07) is -0.546. The number of Topliss-reactive ketones (excluding diaryl/α,β-unsaturated/α-hetero) is 1. The summed E-state index contributed by atoms with van der Waals surface area (Å²) < 4.78 is 5.07. The molecule has 1 saturated carbocycles. The minimum absolute atomic E-state index is 0.0319. The molecular weight excluding hydrogens is 238 g/mol. The fourth-order valence-corrected chi connectivity index (χ4v) is 1.90. The molecule has 0 aromatic heterocycles. The Labute approximate surface area is 106 Å². The zero-order chi connectivity index (χ0) is 13.9. The highest BCUT2D eigenvalue weighted by atomic mass is 16.6. The number of carboxylic acid groups (broad SMARTS) is 1. The maximum absolute atomic E-state index is 11.6. The third-order valence-electron chi connectivity index (χ3n) is 2.69. The predicted octanol–water partition coefficient (Wildman–Crippen LogP) is 1.33. The van der Waals surface area contributed by atoms with Crippen LogP contribution in [0.1, 0.15) is 40.0 Å². The summed E-state index contributed by atoms with van der Waals surface area (Å²) in [5.74, 6) is -2.01. The van der Waals surface area contributed by atoms with Gasteiger partial charge in [0.05, 0.1) is 5.92 Å². The van der Waals surface area contributed by atoms with E-state index in [4.69, 9.17) is 9.84 Å². The van der Waals surface area contributed by atoms with E-state index in [1.54, 1.807) is 20.8 Å². The summed E-state index contributed by atoms with van der Waals surface area (Å²) in [4.78, 5) is 33.8. The molecule has 102 valence electrons. The molecule has 2 unspecified atom stereocenters. The van der Waals surface area contributed by atoms with E-state index in [1.165, 1.54) is 0 Å². The number of rotatable bonds is 2. The molecule has 1 rings (SSSR count). The maximum Gasteiger partial charge on any atom is 0.407 e. The first-order valence-electron chi connectivity index (χ1n) is 5.93. The number of carboxylic acids is 1. The van der Waals surface area contributed by atoms with Crippen molar-refractivity contribution >= 4 is 17.8 Å². The highest BCUT2D eigenvalue weighted by molar-refractivity contribution is 5.86. The minimum atomic E-state index is -1.07. The molecule has 1 aliphatic carbocycles. The molecule has 2 atom stereocenters. The summed E-state index contributed by atoms with van der Waals surface area (Å²) in [6.07, 6.45) is -0.0390. The lowest BCUT2D eigenvalue weighted by Gasteiger charge is -2.29. The second kappa shape index (κ2) is 5.37. The van der Waals surface area contributed by atoms with Crippen LogP contribution < -0.4 is 5.32 Å². The number of nitrogens with one attached hydrogen (secondary N) is 1. The molecule has 0 spiro atoms. The van der Waals surface area contributed by atoms with Crippen LogP contribution in [0.2, 0.25) is 0 Å². The Kier molecular flexibility index (Phi) is 4.32. The number of carbonyl (C=O) groups is 3. The summed E-state index contributed by atoms with van der Waals surface area (Å²) in [5.41, 5.74) is -0.632. The molecule has 6 heteroatoms. The molecule has 6 nitrogen and oxygen atoms in total. The van der Waals surface area contributed by atoms with Crippen LogP contribution in [0.3, 0.4) is 0 Å². The molecule has 0 saturated heterocycles. The Bertz CT molecular complexity index is 358. The number of ether oxygens (including phenoxy) is 1. The van der Waals surface area contributed by atoms with Crippen molar-refractivity contribution in [3.05, 3.63) is 0 Å². The van der Waals surface area contributed by atoms with Gasteiger partial charge in [0.1, 0.15) is 11.4 Å². The Hall–Kier alpha value is -1.59. The average molecular weight is 257 g/mol. The molecule has 1 amide bonds. The zero-order valence-electron chi connectivity index (χ0n) is 10.9. The van der Waals surface area contributed by atoms with Gasteiger partial charge in [-0.3, -0.25) is 9.59 Å². The Morgan fingerprint density at radius 3 is 2.50 bits per heavy atom. The molecule has 0 aliphatic heterocycles. The largest absolute Gasteiger partial charge is 0.481 e. The number of carbonyl (C=O) groups excluding carboxylic acids is 2. The van der Waals surface area contributed by atoms with E-state index in [0.29, 0.717) is 12.8 Å². The summed E-state index contributed by atoms with van der Waals surface area (Å²) in [7, 11) is 0. The van der Waals surface area contributed by atoms with Gasteiger partial charge >= 0.3 is 12.1 Å². The fraction of sp³-hybridized carbons (Fsp3) is 0.750. The second-order valence-electron chi connectivity index (χ2n) is 5.48. The van der Waals surface area contributed by atoms with Gasteiger partial charge in [0, 0.05) is 18.9 Å². The summed E-state index contributed by atoms with van der Waals surface area (Å²) in [6.45, 7) is 5.18. The van der Waals surface area contributed by atoms with Crippen molar-refractivity contribution in [3.63, 3.8) is 0 Å². The molecule has 0 aromatic rings. The minimum Gasteiger partial charge on any atom is -0.481 e. The monoisotopic (exact) mass is 257 g/mol. The summed E-state index contributed by atoms with van der Waals surface area (Å²) in [5, 5.41) is 11.6. The fourth-order valence-electron chi connectivity index (χ4n) is 1.90. The van der Waals surface area contributed by atoms with Gasteiger partial charge in [-0.05, 0) is 27.2 Å². The van der Waals surface area contributed by atoms with Gasteiger partial charge in [0.15, 0.2) is 0 Å². The van der Waals surface area contributed by atoms with E-state index in [0.717, 1.165) is 0 Å². The van der Waals surface area contributed by atoms with Crippen molar-refractivity contribution in [2.45, 2.75) is 51.7 Å². The van der Waals surface area contributed by atoms with Gasteiger partial charge in [-0.2, -0.15) is 0 Å². The van der Waals surface area contributed by atoms with E-state index >= 15 is 0 Å². The molecule has 1 fully saturated rings. The third-order valence-corrected chi connectivity index (χ3v) is 2.69. The predicted molar refractivity (Wildman–Crippen MR) is 63.1 cm³/mol. The topological polar surface area (TPSA) is 92.7 Å². The Morgan fingerprint density at radius 1 is 1.39 bits per heavy atom. The van der Waals surface area contributed by atoms with Crippen LogP contribution in [0.25, 0.3) is 0 Å². The van der Waals surface area contributed by atoms with Crippen molar-refractivity contribution in [1.82, 2.24) is 5.32 Å². The average Bonchev–Trinajstić information content (AvgIpc) is 2.17. The van der Waals surface area contributed by atoms with Crippen LogP contribution in [0.5, 0.6) is 0 Å². The van der Waals surface area contributed by atoms with Gasteiger partial charge in [0.25, 0.3) is 0 Å². The Morgan fingerprint density at radius 2 is 2.00 bits per heavy atom. The number of ketones is 1. The third kappa shape index (κ3) is 4.35. The molecule has 0 bridgehead atoms. The maximum atomic E-state index is 11.6. The van der Waals surface area contributed by atoms with E-state index in [1.807, 2.05) is 0 Å². The van der Waals surface area contributed by atoms with E-state index in [-0.39, 0.29) is 12.2 Å². The molecule has 0 heterocycles. The normalized spacial score (nSPS) is 24.5. The number of amides is 1. The zero-order valence-corrected chi connectivity index (χ0v) is 10.9. The quantitative estimate of drug-likeness (QED) is 0.778. The van der Waals surface area contributed by atoms with Crippen molar-refractivity contribution < 1.29 is 24.2 Å². The van der Waals surface area contributed by atoms with Gasteiger partial charge in [-0.1, -0.05) is 0 Å². The molecule has 0 aromatic carbocycles. The highest BCUT2D eigenvalue weighted by Gasteiger charge is 2.36. The number of aliphatic carboxylic acids is 1. The first-order valence-corrected chi connectivity index (χ1v) is 5.93. The van der Waals surface area contributed by atoms with Crippen molar-refractivity contribution in [2.75, 3.05) is 0 Å². The first kappa shape index (κ1) is 14.5. The Balaban J connectivity index is 2.61. The van der Waals surface area contributed by atoms with E-state index in [9.17, 15) is 14.4 Å². The molecule has 1 aliphatic rings. The SMILES string of the molecule is CC(C)(C)OC(=O)NC1CCC(=O)CC1C(=O)O. The highest BCUT2D eigenvalue weighted by Crippen LogP contribution is 2.22. The lowest BCUT2D eigenvalue weighted by atomic mass is 9.84. The summed E-state index contributed by atoms with van der Waals surface area (Å²) >= 11 is 0. The molecule has 0 radical (unpaired) electrons. The number of hydrogen-bond acceptors (Lipinski definition) is 4. The van der Waals surface area contributed by atoms with Crippen LogP contribution in [0, 0.1) is 5.92 Å². The first-order chi connectivity index (χ1) is 8.19. The van der Waals surface area contributed by atoms with Gasteiger partial charge in [0.2, 0.25) is 0 Å². The lowest BCUT2D eigenvalue weighted by molar-refractivity contribution is -0.146. The van der Waals surface area contributed by atoms with Crippen LogP contribution in [0.15, 0.2) is 0 Å².